The molecule has 0 fully saturated rings. The van der Waals surface area contributed by atoms with E-state index < -0.39 is 29.6 Å². The van der Waals surface area contributed by atoms with E-state index in [2.05, 4.69) is 0 Å². The molecule has 0 bridgehead atoms. The maximum atomic E-state index is 16.6. The predicted octanol–water partition coefficient (Wildman–Crippen LogP) is 6.49. The first-order chi connectivity index (χ1) is 21.8. The normalized spacial score (nSPS) is 11.2. The zero-order valence-corrected chi connectivity index (χ0v) is 24.6. The summed E-state index contributed by atoms with van der Waals surface area (Å²) in [5.41, 5.74) is 2.15. The number of nitrogens with zero attached hydrogens (tertiary/aromatic N) is 2. The third kappa shape index (κ3) is 5.41. The maximum absolute atomic E-state index is 16.6. The molecule has 0 radical (unpaired) electrons. The van der Waals surface area contributed by atoms with E-state index in [1.807, 2.05) is 60.7 Å². The number of hydrogen-bond acceptors (Lipinski definition) is 4. The highest BCUT2D eigenvalue weighted by molar-refractivity contribution is 7.20. The van der Waals surface area contributed by atoms with Crippen LogP contribution in [0.3, 0.4) is 0 Å². The molecule has 6 rings (SSSR count). The van der Waals surface area contributed by atoms with E-state index in [4.69, 9.17) is 0 Å². The van der Waals surface area contributed by atoms with Gasteiger partial charge in [-0.25, -0.2) is 8.78 Å². The highest BCUT2D eigenvalue weighted by Gasteiger charge is 2.45. The molecule has 0 unspecified atom stereocenters. The molecule has 0 aliphatic rings. The summed E-state index contributed by atoms with van der Waals surface area (Å²) in [6.07, 6.45) is 0. The topological polar surface area (TPSA) is 86.3 Å². The minimum Gasteiger partial charge on any atom is -0.258 e. The van der Waals surface area contributed by atoms with Gasteiger partial charge in [-0.1, -0.05) is 84.9 Å². The molecule has 0 saturated heterocycles. The van der Waals surface area contributed by atoms with E-state index in [9.17, 15) is 20.2 Å². The summed E-state index contributed by atoms with van der Waals surface area (Å²) < 4.78 is 33.2. The third-order valence-corrected chi connectivity index (χ3v) is 12.8. The SMILES string of the molecule is O=[N+]([O-])c1ccc(-c2ccc([Si](c3ccccc3)(c3ccccc3)c3ccc(-c4ccc([N+](=O)[O-])cc4)cc3F)c(F)c2)cc1. The van der Waals surface area contributed by atoms with Crippen molar-refractivity contribution in [2.45, 2.75) is 0 Å². The molecule has 0 aromatic heterocycles. The number of benzene rings is 6. The Morgan fingerprint density at radius 3 is 1.09 bits per heavy atom. The summed E-state index contributed by atoms with van der Waals surface area (Å²) in [5.74, 6) is -1.05. The molecule has 0 N–H and O–H groups in total. The van der Waals surface area contributed by atoms with Crippen LogP contribution < -0.4 is 20.7 Å². The molecule has 220 valence electrons. The van der Waals surface area contributed by atoms with Crippen molar-refractivity contribution >= 4 is 40.2 Å². The second-order valence-corrected chi connectivity index (χ2v) is 14.2. The van der Waals surface area contributed by atoms with Crippen LogP contribution in [0.15, 0.2) is 146 Å². The number of rotatable bonds is 8. The predicted molar refractivity (Wildman–Crippen MR) is 174 cm³/mol. The standard InChI is InChI=1S/C36H24F2N2O4Si/c37-33-23-27(25-11-17-29(18-12-25)39(41)42)15-21-35(33)45(31-7-3-1-4-8-31,32-9-5-2-6-10-32)36-22-16-28(24-34(36)38)26-13-19-30(20-14-26)40(43)44/h1-24H. The fourth-order valence-corrected chi connectivity index (χ4v) is 10.6. The lowest BCUT2D eigenvalue weighted by Gasteiger charge is -2.35. The van der Waals surface area contributed by atoms with E-state index in [0.29, 0.717) is 32.6 Å². The van der Waals surface area contributed by atoms with Gasteiger partial charge in [0.1, 0.15) is 11.6 Å². The minimum atomic E-state index is -3.61. The summed E-state index contributed by atoms with van der Waals surface area (Å²) in [6.45, 7) is 0. The average Bonchev–Trinajstić information content (AvgIpc) is 3.07. The molecule has 0 saturated carbocycles. The van der Waals surface area contributed by atoms with Crippen molar-refractivity contribution in [2.24, 2.45) is 0 Å². The summed E-state index contributed by atoms with van der Waals surface area (Å²) in [7, 11) is -3.61. The monoisotopic (exact) mass is 614 g/mol. The molecular formula is C36H24F2N2O4Si. The number of halogens is 2. The molecule has 0 aliphatic carbocycles. The molecule has 0 amide bonds. The summed E-state index contributed by atoms with van der Waals surface area (Å²) >= 11 is 0. The van der Waals surface area contributed by atoms with Crippen molar-refractivity contribution in [2.75, 3.05) is 0 Å². The largest absolute Gasteiger partial charge is 0.269 e. The van der Waals surface area contributed by atoms with E-state index in [0.717, 1.165) is 10.4 Å². The van der Waals surface area contributed by atoms with E-state index in [1.165, 1.54) is 36.4 Å². The van der Waals surface area contributed by atoms with Crippen molar-refractivity contribution in [1.82, 2.24) is 0 Å². The Morgan fingerprint density at radius 2 is 0.778 bits per heavy atom. The lowest BCUT2D eigenvalue weighted by atomic mass is 10.1. The quantitative estimate of drug-likeness (QED) is 0.0849. The van der Waals surface area contributed by atoms with Gasteiger partial charge in [-0.15, -0.1) is 0 Å². The number of hydrogen-bond donors (Lipinski definition) is 0. The van der Waals surface area contributed by atoms with Gasteiger partial charge >= 0.3 is 0 Å². The van der Waals surface area contributed by atoms with Crippen LogP contribution in [0.5, 0.6) is 0 Å². The lowest BCUT2D eigenvalue weighted by Crippen LogP contribution is -2.76. The number of non-ortho nitro benzene ring substituents is 2. The molecule has 6 nitrogen and oxygen atoms in total. The molecule has 6 aromatic carbocycles. The zero-order chi connectivity index (χ0) is 31.6. The smallest absolute Gasteiger partial charge is 0.258 e. The molecule has 9 heteroatoms. The van der Waals surface area contributed by atoms with Crippen LogP contribution in [0, 0.1) is 31.9 Å². The first-order valence-corrected chi connectivity index (χ1v) is 16.0. The van der Waals surface area contributed by atoms with Gasteiger partial charge in [0.2, 0.25) is 0 Å². The Balaban J connectivity index is 1.57. The van der Waals surface area contributed by atoms with Gasteiger partial charge in [-0.2, -0.15) is 0 Å². The Hall–Kier alpha value is -5.80. The summed E-state index contributed by atoms with van der Waals surface area (Å²) in [6, 6.07) is 40.2. The highest BCUT2D eigenvalue weighted by Crippen LogP contribution is 2.26. The summed E-state index contributed by atoms with van der Waals surface area (Å²) in [5, 5.41) is 24.5. The van der Waals surface area contributed by atoms with Crippen molar-refractivity contribution < 1.29 is 18.6 Å². The van der Waals surface area contributed by atoms with Gasteiger partial charge < -0.3 is 0 Å². The second kappa shape index (κ2) is 12.1. The highest BCUT2D eigenvalue weighted by atomic mass is 28.3. The lowest BCUT2D eigenvalue weighted by molar-refractivity contribution is -0.385. The number of nitro benzene ring substituents is 2. The van der Waals surface area contributed by atoms with Crippen LogP contribution in [0.2, 0.25) is 0 Å². The van der Waals surface area contributed by atoms with Gasteiger partial charge in [0.15, 0.2) is 8.07 Å². The number of nitro groups is 2. The van der Waals surface area contributed by atoms with Gasteiger partial charge in [-0.3, -0.25) is 20.2 Å². The van der Waals surface area contributed by atoms with Gasteiger partial charge in [0.25, 0.3) is 11.4 Å². The molecule has 0 atom stereocenters. The Morgan fingerprint density at radius 1 is 0.444 bits per heavy atom. The Labute approximate surface area is 258 Å². The van der Waals surface area contributed by atoms with Gasteiger partial charge in [0.05, 0.1) is 9.85 Å². The van der Waals surface area contributed by atoms with Crippen molar-refractivity contribution in [3.8, 4) is 22.3 Å². The first-order valence-electron chi connectivity index (χ1n) is 14.0. The fraction of sp³-hybridized carbons (Fsp3) is 0. The molecule has 6 aromatic rings. The van der Waals surface area contributed by atoms with Crippen molar-refractivity contribution in [1.29, 1.82) is 0 Å². The Kier molecular flexibility index (Phi) is 7.85. The van der Waals surface area contributed by atoms with Crippen LogP contribution in [-0.2, 0) is 0 Å². The van der Waals surface area contributed by atoms with Gasteiger partial charge in [0, 0.05) is 24.3 Å². The van der Waals surface area contributed by atoms with Crippen LogP contribution >= 0.6 is 0 Å². The average molecular weight is 615 g/mol. The van der Waals surface area contributed by atoms with Crippen molar-refractivity contribution in [3.63, 3.8) is 0 Å². The van der Waals surface area contributed by atoms with Crippen LogP contribution in [0.1, 0.15) is 0 Å². The van der Waals surface area contributed by atoms with Gasteiger partial charge in [-0.05, 0) is 79.4 Å². The third-order valence-electron chi connectivity index (χ3n) is 7.98. The molecule has 45 heavy (non-hydrogen) atoms. The summed E-state index contributed by atoms with van der Waals surface area (Å²) in [4.78, 5) is 21.3. The maximum Gasteiger partial charge on any atom is 0.269 e. The first kappa shape index (κ1) is 29.3. The molecule has 0 spiro atoms. The van der Waals surface area contributed by atoms with E-state index in [-0.39, 0.29) is 11.4 Å². The van der Waals surface area contributed by atoms with Crippen molar-refractivity contribution in [3.05, 3.63) is 177 Å². The molecule has 0 aliphatic heterocycles. The Bertz CT molecular complexity index is 1870. The molecular weight excluding hydrogens is 590 g/mol. The minimum absolute atomic E-state index is 0.0666. The van der Waals surface area contributed by atoms with Crippen LogP contribution in [0.4, 0.5) is 20.2 Å². The van der Waals surface area contributed by atoms with Crippen LogP contribution in [-0.4, -0.2) is 17.9 Å². The van der Waals surface area contributed by atoms with E-state index in [1.54, 1.807) is 48.5 Å². The van der Waals surface area contributed by atoms with Crippen LogP contribution in [0.25, 0.3) is 22.3 Å². The zero-order valence-electron chi connectivity index (χ0n) is 23.6. The molecule has 0 heterocycles. The van der Waals surface area contributed by atoms with E-state index >= 15 is 8.78 Å². The fourth-order valence-electron chi connectivity index (χ4n) is 5.86. The second-order valence-electron chi connectivity index (χ2n) is 10.5.